The van der Waals surface area contributed by atoms with Crippen LogP contribution < -0.4 is 40.6 Å². The summed E-state index contributed by atoms with van der Waals surface area (Å²) in [5.41, 5.74) is 11.1. The van der Waals surface area contributed by atoms with Gasteiger partial charge in [0.1, 0.15) is 0 Å². The quantitative estimate of drug-likeness (QED) is 0.288. The van der Waals surface area contributed by atoms with Gasteiger partial charge in [-0.1, -0.05) is 30.3 Å². The molecule has 0 spiro atoms. The van der Waals surface area contributed by atoms with Crippen LogP contribution in [0.1, 0.15) is 55.8 Å². The Hall–Kier alpha value is -2.09. The third-order valence-corrected chi connectivity index (χ3v) is 6.43. The molecule has 0 saturated heterocycles. The second-order valence-corrected chi connectivity index (χ2v) is 8.30. The number of hydrogen-bond acceptors (Lipinski definition) is 6. The molecule has 5 rings (SSSR count). The maximum atomic E-state index is 13.3. The fourth-order valence-electron chi connectivity index (χ4n) is 4.43. The number of fused-ring (bicyclic) bond motifs is 3. The maximum absolute atomic E-state index is 13.3. The van der Waals surface area contributed by atoms with Gasteiger partial charge in [0.15, 0.2) is 11.6 Å². The van der Waals surface area contributed by atoms with Gasteiger partial charge >= 0.3 is 29.6 Å². The van der Waals surface area contributed by atoms with Crippen molar-refractivity contribution in [1.82, 2.24) is 0 Å². The molecule has 150 valence electrons. The van der Waals surface area contributed by atoms with Crippen LogP contribution in [0.5, 0.6) is 0 Å². The zero-order chi connectivity index (χ0) is 20.8. The van der Waals surface area contributed by atoms with Gasteiger partial charge in [-0.05, 0) is 55.0 Å². The number of nitrogen functional groups attached to an aromatic ring is 1. The topological polar surface area (TPSA) is 95.2 Å². The smallest absolute Gasteiger partial charge is 0.795 e. The molecule has 2 aliphatic carbocycles. The monoisotopic (exact) mass is 438 g/mol. The number of hydrogen-bond donors (Lipinski definition) is 2. The first-order valence-electron chi connectivity index (χ1n) is 9.92. The van der Waals surface area contributed by atoms with Crippen molar-refractivity contribution in [2.75, 3.05) is 11.1 Å². The van der Waals surface area contributed by atoms with Crippen LogP contribution in [0.2, 0.25) is 0 Å². The number of ketones is 2. The number of nitrogens with one attached hydrogen (secondary N) is 1. The Morgan fingerprint density at radius 2 is 1.52 bits per heavy atom. The van der Waals surface area contributed by atoms with E-state index in [1.807, 2.05) is 6.07 Å². The minimum Gasteiger partial charge on any atom is -0.795 e. The normalized spacial score (nSPS) is 14.2. The Kier molecular flexibility index (Phi) is 6.28. The van der Waals surface area contributed by atoms with E-state index in [2.05, 4.69) is 17.4 Å². The minimum absolute atomic E-state index is 0. The molecule has 0 bridgehead atoms. The second kappa shape index (κ2) is 8.81. The average Bonchev–Trinajstić information content (AvgIpc) is 2.78. The van der Waals surface area contributed by atoms with E-state index in [1.165, 1.54) is 17.5 Å². The Morgan fingerprint density at radius 3 is 2.19 bits per heavy atom. The van der Waals surface area contributed by atoms with Gasteiger partial charge in [0.2, 0.25) is 0 Å². The molecule has 0 fully saturated rings. The molecule has 3 aromatic rings. The molecule has 0 unspecified atom stereocenters. The van der Waals surface area contributed by atoms with Crippen LogP contribution in [0.15, 0.2) is 53.4 Å². The summed E-state index contributed by atoms with van der Waals surface area (Å²) < 4.78 is 11.7. The summed E-state index contributed by atoms with van der Waals surface area (Å²) in [5.74, 6) is -0.600. The predicted molar refractivity (Wildman–Crippen MR) is 117 cm³/mol. The molecule has 31 heavy (non-hydrogen) atoms. The van der Waals surface area contributed by atoms with Gasteiger partial charge in [0.05, 0.1) is 22.5 Å². The number of benzene rings is 3. The van der Waals surface area contributed by atoms with Gasteiger partial charge in [-0.15, -0.1) is 0 Å². The van der Waals surface area contributed by atoms with Gasteiger partial charge in [-0.2, -0.15) is 0 Å². The Bertz CT molecular complexity index is 1230. The standard InChI is InChI=1S/C24H20N2O3S.Na/c25-22-19(30-29)12-18(26-15-10-9-13-5-1-2-6-14(13)11-15)20-21(22)24(28)17-8-4-3-7-16(17)23(20)27;/h3-4,7-12,26,29H,1-2,5-6,25H2;/q;+1/p-1. The molecule has 0 saturated carbocycles. The molecular formula is C24H19N2NaO3S. The van der Waals surface area contributed by atoms with Gasteiger partial charge in [-0.25, -0.2) is 12.0 Å². The van der Waals surface area contributed by atoms with Gasteiger partial charge < -0.3 is 15.6 Å². The van der Waals surface area contributed by atoms with E-state index in [-0.39, 0.29) is 74.9 Å². The molecule has 0 heterocycles. The predicted octanol–water partition coefficient (Wildman–Crippen LogP) is 1.89. The summed E-state index contributed by atoms with van der Waals surface area (Å²) in [4.78, 5) is 26.7. The largest absolute Gasteiger partial charge is 1.00 e. The molecule has 0 aromatic heterocycles. The summed E-state index contributed by atoms with van der Waals surface area (Å²) in [7, 11) is 0. The van der Waals surface area contributed by atoms with E-state index < -0.39 is 0 Å². The van der Waals surface area contributed by atoms with Crippen LogP contribution in [-0.4, -0.2) is 16.1 Å². The third-order valence-electron chi connectivity index (χ3n) is 5.92. The van der Waals surface area contributed by atoms with E-state index in [9.17, 15) is 14.1 Å². The van der Waals surface area contributed by atoms with Crippen LogP contribution in [0.3, 0.4) is 0 Å². The summed E-state index contributed by atoms with van der Waals surface area (Å²) in [6, 6.07) is 14.4. The molecule has 3 aromatic carbocycles. The van der Waals surface area contributed by atoms with Crippen molar-refractivity contribution >= 4 is 40.7 Å². The summed E-state index contributed by atoms with van der Waals surface area (Å²) in [5, 5.41) is 3.29. The zero-order valence-electron chi connectivity index (χ0n) is 17.2. The van der Waals surface area contributed by atoms with E-state index in [0.29, 0.717) is 16.8 Å². The summed E-state index contributed by atoms with van der Waals surface area (Å²) in [6.45, 7) is 0. The van der Waals surface area contributed by atoms with E-state index >= 15 is 0 Å². The molecule has 0 radical (unpaired) electrons. The van der Waals surface area contributed by atoms with Crippen LogP contribution in [0, 0.1) is 0 Å². The van der Waals surface area contributed by atoms with Crippen LogP contribution in [0.4, 0.5) is 17.1 Å². The van der Waals surface area contributed by atoms with Crippen molar-refractivity contribution in [3.8, 4) is 0 Å². The molecule has 0 amide bonds. The van der Waals surface area contributed by atoms with Crippen molar-refractivity contribution in [3.63, 3.8) is 0 Å². The van der Waals surface area contributed by atoms with Crippen LogP contribution in [0.25, 0.3) is 0 Å². The number of carbonyl (C=O) groups is 2. The Labute approximate surface area is 206 Å². The average molecular weight is 438 g/mol. The zero-order valence-corrected chi connectivity index (χ0v) is 20.0. The van der Waals surface area contributed by atoms with Crippen LogP contribution >= 0.6 is 12.0 Å². The first kappa shape index (κ1) is 22.1. The number of rotatable bonds is 3. The first-order chi connectivity index (χ1) is 14.6. The van der Waals surface area contributed by atoms with Crippen LogP contribution in [-0.2, 0) is 12.8 Å². The second-order valence-electron chi connectivity index (χ2n) is 7.69. The molecule has 2 aliphatic rings. The number of aryl methyl sites for hydroxylation is 2. The Morgan fingerprint density at radius 1 is 0.871 bits per heavy atom. The first-order valence-corrected chi connectivity index (χ1v) is 10.7. The molecule has 7 heteroatoms. The van der Waals surface area contributed by atoms with Crippen molar-refractivity contribution in [2.45, 2.75) is 30.6 Å². The maximum Gasteiger partial charge on any atom is 1.00 e. The van der Waals surface area contributed by atoms with Gasteiger partial charge in [0, 0.05) is 21.7 Å². The summed E-state index contributed by atoms with van der Waals surface area (Å²) in [6.07, 6.45) is 4.46. The van der Waals surface area contributed by atoms with Gasteiger partial charge in [0.25, 0.3) is 0 Å². The van der Waals surface area contributed by atoms with Crippen molar-refractivity contribution in [3.05, 3.63) is 81.9 Å². The SMILES string of the molecule is Nc1c(S[O-])cc(Nc2ccc3c(c2)CCCC3)c2c1C(=O)c1ccccc1C2=O.[Na+]. The molecular weight excluding hydrogens is 419 g/mol. The molecule has 3 N–H and O–H groups in total. The molecule has 5 nitrogen and oxygen atoms in total. The molecule has 0 atom stereocenters. The van der Waals surface area contributed by atoms with Crippen molar-refractivity contribution < 1.29 is 43.7 Å². The molecule has 0 aliphatic heterocycles. The van der Waals surface area contributed by atoms with Gasteiger partial charge in [-0.3, -0.25) is 9.59 Å². The number of nitrogens with two attached hydrogens (primary N) is 1. The van der Waals surface area contributed by atoms with E-state index in [1.54, 1.807) is 30.3 Å². The van der Waals surface area contributed by atoms with E-state index in [0.717, 1.165) is 24.9 Å². The third kappa shape index (κ3) is 3.73. The van der Waals surface area contributed by atoms with Crippen molar-refractivity contribution in [2.24, 2.45) is 0 Å². The fourth-order valence-corrected chi connectivity index (χ4v) is 4.79. The number of carbonyl (C=O) groups excluding carboxylic acids is 2. The number of anilines is 3. The van der Waals surface area contributed by atoms with Crippen molar-refractivity contribution in [1.29, 1.82) is 0 Å². The minimum atomic E-state index is -0.331. The summed E-state index contributed by atoms with van der Waals surface area (Å²) >= 11 is 0.222. The van der Waals surface area contributed by atoms with E-state index in [4.69, 9.17) is 5.73 Å². The Balaban J connectivity index is 0.00000231. The fraction of sp³-hybridized carbons (Fsp3) is 0.167.